The summed E-state index contributed by atoms with van der Waals surface area (Å²) in [6.45, 7) is 6.17. The molecule has 2 aliphatic rings. The first-order valence-corrected chi connectivity index (χ1v) is 9.69. The molecule has 9 heteroatoms. The maximum absolute atomic E-state index is 13.0. The van der Waals surface area contributed by atoms with Gasteiger partial charge in [0, 0.05) is 32.0 Å². The molecular formula is C20H24ClN3O5. The zero-order chi connectivity index (χ0) is 21.8. The maximum Gasteiger partial charge on any atom is 0.365 e. The van der Waals surface area contributed by atoms with Crippen LogP contribution in [0.4, 0.5) is 5.69 Å². The molecule has 0 heterocycles. The van der Waals surface area contributed by atoms with Crippen molar-refractivity contribution in [2.75, 3.05) is 14.1 Å². The van der Waals surface area contributed by atoms with E-state index in [2.05, 4.69) is 19.0 Å². The van der Waals surface area contributed by atoms with Gasteiger partial charge in [0.15, 0.2) is 0 Å². The molecule has 8 nitrogen and oxygen atoms in total. The third kappa shape index (κ3) is 2.92. The van der Waals surface area contributed by atoms with Crippen LogP contribution < -0.4 is 0 Å². The second kappa shape index (κ2) is 6.79. The Labute approximate surface area is 174 Å². The largest absolute Gasteiger partial charge is 0.365 e. The lowest BCUT2D eigenvalue weighted by Gasteiger charge is -2.40. The zero-order valence-corrected chi connectivity index (χ0v) is 17.9. The van der Waals surface area contributed by atoms with Crippen molar-refractivity contribution in [3.05, 3.63) is 38.9 Å². The van der Waals surface area contributed by atoms with E-state index in [9.17, 15) is 19.7 Å². The predicted molar refractivity (Wildman–Crippen MR) is 108 cm³/mol. The van der Waals surface area contributed by atoms with Gasteiger partial charge in [-0.15, -0.1) is 0 Å². The molecule has 1 amide bonds. The van der Waals surface area contributed by atoms with Crippen molar-refractivity contribution >= 4 is 34.9 Å². The number of hydrogen-bond donors (Lipinski definition) is 0. The first-order chi connectivity index (χ1) is 13.4. The first-order valence-electron chi connectivity index (χ1n) is 9.32. The van der Waals surface area contributed by atoms with Crippen LogP contribution in [0, 0.1) is 26.4 Å². The normalized spacial score (nSPS) is 28.4. The molecule has 2 atom stereocenters. The van der Waals surface area contributed by atoms with Crippen LogP contribution in [0.15, 0.2) is 23.4 Å². The number of halogens is 1. The molecular weight excluding hydrogens is 398 g/mol. The van der Waals surface area contributed by atoms with Gasteiger partial charge in [0.1, 0.15) is 5.02 Å². The molecule has 156 valence electrons. The van der Waals surface area contributed by atoms with E-state index < -0.39 is 16.3 Å². The van der Waals surface area contributed by atoms with Crippen LogP contribution in [0.5, 0.6) is 0 Å². The quantitative estimate of drug-likeness (QED) is 0.414. The van der Waals surface area contributed by atoms with Gasteiger partial charge in [0.05, 0.1) is 21.6 Å². The Morgan fingerprint density at radius 3 is 2.48 bits per heavy atom. The molecule has 0 saturated heterocycles. The molecule has 0 aromatic heterocycles. The van der Waals surface area contributed by atoms with E-state index in [4.69, 9.17) is 16.4 Å². The topological polar surface area (TPSA) is 102 Å². The fourth-order valence-electron chi connectivity index (χ4n) is 4.85. The zero-order valence-electron chi connectivity index (χ0n) is 17.1. The van der Waals surface area contributed by atoms with E-state index in [1.807, 2.05) is 6.92 Å². The Kier molecular flexibility index (Phi) is 4.98. The predicted octanol–water partition coefficient (Wildman–Crippen LogP) is 4.07. The summed E-state index contributed by atoms with van der Waals surface area (Å²) in [5, 5.41) is 15.1. The molecule has 1 aromatic rings. The number of nitro groups is 1. The number of benzene rings is 1. The maximum atomic E-state index is 13.0. The molecule has 2 fully saturated rings. The highest BCUT2D eigenvalue weighted by molar-refractivity contribution is 6.32. The molecule has 2 aliphatic carbocycles. The van der Waals surface area contributed by atoms with Crippen molar-refractivity contribution in [1.82, 2.24) is 4.90 Å². The van der Waals surface area contributed by atoms with Crippen LogP contribution in [0.3, 0.4) is 0 Å². The average molecular weight is 422 g/mol. The second-order valence-electron chi connectivity index (χ2n) is 8.76. The summed E-state index contributed by atoms with van der Waals surface area (Å²) >= 11 is 5.78. The van der Waals surface area contributed by atoms with Gasteiger partial charge in [-0.3, -0.25) is 14.9 Å². The lowest BCUT2D eigenvalue weighted by molar-refractivity contribution is -0.384. The standard InChI is InChI=1S/C20H24ClN3O5/c1-18(2)19(3)8-9-20(18,17(26)23(4)5)11-15(19)22-29-16(25)12-6-7-13(21)14(10-12)24(27)28/h6-7,10H,8-9,11H2,1-5H3. The molecule has 2 saturated carbocycles. The van der Waals surface area contributed by atoms with Gasteiger partial charge in [-0.2, -0.15) is 0 Å². The fourth-order valence-corrected chi connectivity index (χ4v) is 5.04. The van der Waals surface area contributed by atoms with E-state index in [-0.39, 0.29) is 33.0 Å². The minimum absolute atomic E-state index is 0.0166. The molecule has 0 N–H and O–H groups in total. The molecule has 2 unspecified atom stereocenters. The number of oxime groups is 1. The third-order valence-electron chi connectivity index (χ3n) is 7.17. The summed E-state index contributed by atoms with van der Waals surface area (Å²) in [6, 6.07) is 3.69. The lowest BCUT2D eigenvalue weighted by atomic mass is 9.64. The second-order valence-corrected chi connectivity index (χ2v) is 9.16. The smallest absolute Gasteiger partial charge is 0.348 e. The van der Waals surface area contributed by atoms with Crippen LogP contribution in [-0.2, 0) is 9.63 Å². The van der Waals surface area contributed by atoms with Crippen molar-refractivity contribution in [3.8, 4) is 0 Å². The summed E-state index contributed by atoms with van der Waals surface area (Å²) < 4.78 is 0. The summed E-state index contributed by atoms with van der Waals surface area (Å²) in [6.07, 6.45) is 1.94. The lowest BCUT2D eigenvalue weighted by Crippen LogP contribution is -2.46. The summed E-state index contributed by atoms with van der Waals surface area (Å²) in [5.74, 6) is -0.759. The van der Waals surface area contributed by atoms with Crippen molar-refractivity contribution < 1.29 is 19.3 Å². The van der Waals surface area contributed by atoms with E-state index in [1.54, 1.807) is 19.0 Å². The van der Waals surface area contributed by atoms with E-state index >= 15 is 0 Å². The summed E-state index contributed by atoms with van der Waals surface area (Å²) in [4.78, 5) is 42.5. The van der Waals surface area contributed by atoms with Crippen LogP contribution in [-0.4, -0.2) is 41.5 Å². The molecule has 3 rings (SSSR count). The SMILES string of the molecule is CN(C)C(=O)C12CCC(C)(C(=NOC(=O)c3ccc(Cl)c([N+](=O)[O-])c3)C1)C2(C)C. The van der Waals surface area contributed by atoms with Gasteiger partial charge in [0.2, 0.25) is 5.91 Å². The van der Waals surface area contributed by atoms with Gasteiger partial charge >= 0.3 is 5.97 Å². The molecule has 0 radical (unpaired) electrons. The molecule has 0 spiro atoms. The summed E-state index contributed by atoms with van der Waals surface area (Å²) in [7, 11) is 3.48. The first kappa shape index (κ1) is 21.2. The minimum atomic E-state index is -0.811. The molecule has 0 aliphatic heterocycles. The molecule has 29 heavy (non-hydrogen) atoms. The van der Waals surface area contributed by atoms with E-state index in [1.165, 1.54) is 12.1 Å². The Balaban J connectivity index is 1.89. The number of amides is 1. The number of hydrogen-bond acceptors (Lipinski definition) is 6. The van der Waals surface area contributed by atoms with Crippen molar-refractivity contribution in [3.63, 3.8) is 0 Å². The van der Waals surface area contributed by atoms with Gasteiger partial charge in [0.25, 0.3) is 5.69 Å². The number of carbonyl (C=O) groups is 2. The Bertz CT molecular complexity index is 942. The Morgan fingerprint density at radius 1 is 1.24 bits per heavy atom. The Hall–Kier alpha value is -2.48. The highest BCUT2D eigenvalue weighted by atomic mass is 35.5. The van der Waals surface area contributed by atoms with Crippen molar-refractivity contribution in [2.24, 2.45) is 21.4 Å². The van der Waals surface area contributed by atoms with Crippen LogP contribution >= 0.6 is 11.6 Å². The highest BCUT2D eigenvalue weighted by Gasteiger charge is 2.72. The van der Waals surface area contributed by atoms with Gasteiger partial charge < -0.3 is 9.74 Å². The molecule has 2 bridgehead atoms. The van der Waals surface area contributed by atoms with Crippen molar-refractivity contribution in [1.29, 1.82) is 0 Å². The van der Waals surface area contributed by atoms with Crippen LogP contribution in [0.25, 0.3) is 0 Å². The number of fused-ring (bicyclic) bond motifs is 2. The number of carbonyl (C=O) groups excluding carboxylic acids is 2. The van der Waals surface area contributed by atoms with Gasteiger partial charge in [-0.1, -0.05) is 37.5 Å². The Morgan fingerprint density at radius 2 is 1.90 bits per heavy atom. The third-order valence-corrected chi connectivity index (χ3v) is 7.49. The number of nitro benzene ring substituents is 1. The van der Waals surface area contributed by atoms with E-state index in [0.717, 1.165) is 18.9 Å². The minimum Gasteiger partial charge on any atom is -0.348 e. The van der Waals surface area contributed by atoms with Crippen molar-refractivity contribution in [2.45, 2.75) is 40.0 Å². The fraction of sp³-hybridized carbons (Fsp3) is 0.550. The van der Waals surface area contributed by atoms with Gasteiger partial charge in [-0.05, 0) is 30.4 Å². The highest BCUT2D eigenvalue weighted by Crippen LogP contribution is 2.71. The van der Waals surface area contributed by atoms with Gasteiger partial charge in [-0.25, -0.2) is 4.79 Å². The van der Waals surface area contributed by atoms with E-state index in [0.29, 0.717) is 12.1 Å². The summed E-state index contributed by atoms with van der Waals surface area (Å²) in [5.41, 5.74) is -1.05. The monoisotopic (exact) mass is 421 g/mol. The number of rotatable bonds is 4. The number of nitrogens with zero attached hydrogens (tertiary/aromatic N) is 3. The molecule has 1 aromatic carbocycles. The van der Waals surface area contributed by atoms with Crippen LogP contribution in [0.1, 0.15) is 50.4 Å². The average Bonchev–Trinajstić information content (AvgIpc) is 2.95. The van der Waals surface area contributed by atoms with Crippen LogP contribution in [0.2, 0.25) is 5.02 Å².